The van der Waals surface area contributed by atoms with Crippen molar-refractivity contribution in [3.63, 3.8) is 0 Å². The highest BCUT2D eigenvalue weighted by Crippen LogP contribution is 2.29. The van der Waals surface area contributed by atoms with Crippen LogP contribution in [0.4, 0.5) is 0 Å². The Kier molecular flexibility index (Phi) is 5.89. The van der Waals surface area contributed by atoms with Crippen molar-refractivity contribution in [3.8, 4) is 0 Å². The first-order chi connectivity index (χ1) is 8.45. The number of aliphatic hydroxyl groups is 2. The third kappa shape index (κ3) is 3.84. The summed E-state index contributed by atoms with van der Waals surface area (Å²) in [5, 5.41) is 23.0. The molecule has 0 fully saturated rings. The van der Waals surface area contributed by atoms with E-state index in [-0.39, 0.29) is 19.3 Å². The maximum absolute atomic E-state index is 9.31. The lowest BCUT2D eigenvalue weighted by atomic mass is 9.98. The van der Waals surface area contributed by atoms with Crippen LogP contribution < -0.4 is 5.32 Å². The summed E-state index contributed by atoms with van der Waals surface area (Å²) >= 11 is 12.0. The van der Waals surface area contributed by atoms with Gasteiger partial charge in [0.05, 0.1) is 18.8 Å². The van der Waals surface area contributed by atoms with Crippen LogP contribution in [0, 0.1) is 0 Å². The number of hydrogen-bond donors (Lipinski definition) is 3. The molecule has 102 valence electrons. The Morgan fingerprint density at radius 2 is 1.89 bits per heavy atom. The number of halogens is 2. The highest BCUT2D eigenvalue weighted by molar-refractivity contribution is 6.35. The van der Waals surface area contributed by atoms with Crippen LogP contribution in [0.25, 0.3) is 0 Å². The van der Waals surface area contributed by atoms with Crippen LogP contribution in [-0.2, 0) is 0 Å². The van der Waals surface area contributed by atoms with Gasteiger partial charge in [-0.2, -0.15) is 0 Å². The van der Waals surface area contributed by atoms with Crippen molar-refractivity contribution in [3.05, 3.63) is 33.8 Å². The fraction of sp³-hybridized carbons (Fsp3) is 0.538. The van der Waals surface area contributed by atoms with Crippen LogP contribution in [0.1, 0.15) is 31.9 Å². The maximum Gasteiger partial charge on any atom is 0.0633 e. The molecule has 0 radical (unpaired) electrons. The highest BCUT2D eigenvalue weighted by Gasteiger charge is 2.26. The van der Waals surface area contributed by atoms with Gasteiger partial charge in [-0.15, -0.1) is 0 Å². The third-order valence-electron chi connectivity index (χ3n) is 2.97. The molecule has 3 N–H and O–H groups in total. The Morgan fingerprint density at radius 3 is 2.33 bits per heavy atom. The molecule has 1 rings (SSSR count). The van der Waals surface area contributed by atoms with E-state index in [1.807, 2.05) is 13.0 Å². The monoisotopic (exact) mass is 291 g/mol. The summed E-state index contributed by atoms with van der Waals surface area (Å²) in [6.45, 7) is 3.48. The second-order valence-corrected chi connectivity index (χ2v) is 5.49. The van der Waals surface area contributed by atoms with Gasteiger partial charge in [-0.05, 0) is 31.0 Å². The summed E-state index contributed by atoms with van der Waals surface area (Å²) in [6.07, 6.45) is 0.789. The van der Waals surface area contributed by atoms with Gasteiger partial charge in [-0.3, -0.25) is 0 Å². The molecule has 0 aromatic heterocycles. The fourth-order valence-electron chi connectivity index (χ4n) is 1.75. The molecular weight excluding hydrogens is 273 g/mol. The number of rotatable bonds is 6. The average molecular weight is 292 g/mol. The number of benzene rings is 1. The molecular formula is C13H19Cl2NO2. The molecule has 1 aromatic rings. The predicted molar refractivity (Wildman–Crippen MR) is 75.2 cm³/mol. The second-order valence-electron chi connectivity index (χ2n) is 4.65. The first-order valence-electron chi connectivity index (χ1n) is 5.90. The van der Waals surface area contributed by atoms with Gasteiger partial charge in [0.1, 0.15) is 0 Å². The molecule has 0 amide bonds. The van der Waals surface area contributed by atoms with E-state index in [4.69, 9.17) is 23.2 Å². The largest absolute Gasteiger partial charge is 0.394 e. The zero-order valence-electron chi connectivity index (χ0n) is 10.6. The molecule has 0 saturated heterocycles. The molecule has 0 aliphatic carbocycles. The van der Waals surface area contributed by atoms with Crippen LogP contribution in [0.5, 0.6) is 0 Å². The topological polar surface area (TPSA) is 52.5 Å². The summed E-state index contributed by atoms with van der Waals surface area (Å²) in [5.41, 5.74) is 0.181. The van der Waals surface area contributed by atoms with Crippen LogP contribution in [0.15, 0.2) is 18.2 Å². The van der Waals surface area contributed by atoms with Crippen molar-refractivity contribution in [2.45, 2.75) is 31.8 Å². The lowest BCUT2D eigenvalue weighted by Crippen LogP contribution is -2.50. The van der Waals surface area contributed by atoms with E-state index in [0.717, 1.165) is 12.0 Å². The molecule has 3 nitrogen and oxygen atoms in total. The summed E-state index contributed by atoms with van der Waals surface area (Å²) in [6, 6.07) is 5.29. The molecule has 1 unspecified atom stereocenters. The Hall–Kier alpha value is -0.320. The zero-order valence-corrected chi connectivity index (χ0v) is 12.1. The molecule has 0 spiro atoms. The molecule has 0 bridgehead atoms. The number of nitrogens with one attached hydrogen (secondary N) is 1. The van der Waals surface area contributed by atoms with Gasteiger partial charge in [0, 0.05) is 16.1 Å². The molecule has 1 aromatic carbocycles. The van der Waals surface area contributed by atoms with E-state index in [9.17, 15) is 10.2 Å². The number of hydrogen-bond acceptors (Lipinski definition) is 3. The molecule has 0 aliphatic heterocycles. The van der Waals surface area contributed by atoms with Crippen molar-refractivity contribution >= 4 is 23.2 Å². The first-order valence-corrected chi connectivity index (χ1v) is 6.65. The molecule has 0 aliphatic rings. The van der Waals surface area contributed by atoms with Gasteiger partial charge in [0.25, 0.3) is 0 Å². The first kappa shape index (κ1) is 15.7. The highest BCUT2D eigenvalue weighted by atomic mass is 35.5. The van der Waals surface area contributed by atoms with Crippen LogP contribution in [-0.4, -0.2) is 29.0 Å². The predicted octanol–water partition coefficient (Wildman–Crippen LogP) is 2.78. The quantitative estimate of drug-likeness (QED) is 0.755. The van der Waals surface area contributed by atoms with Gasteiger partial charge in [-0.1, -0.05) is 36.2 Å². The van der Waals surface area contributed by atoms with Gasteiger partial charge < -0.3 is 15.5 Å². The van der Waals surface area contributed by atoms with Crippen molar-refractivity contribution in [1.82, 2.24) is 5.32 Å². The molecule has 18 heavy (non-hydrogen) atoms. The van der Waals surface area contributed by atoms with E-state index in [1.54, 1.807) is 19.1 Å². The summed E-state index contributed by atoms with van der Waals surface area (Å²) < 4.78 is 0. The smallest absolute Gasteiger partial charge is 0.0633 e. The normalized spacial score (nSPS) is 13.7. The standard InChI is InChI=1S/C13H19Cl2NO2/c1-3-12(16-13(2,7-17)8-18)10-5-4-9(14)6-11(10)15/h4-6,12,16-18H,3,7-8H2,1-2H3. The second kappa shape index (κ2) is 6.73. The summed E-state index contributed by atoms with van der Waals surface area (Å²) in [7, 11) is 0. The number of aliphatic hydroxyl groups excluding tert-OH is 2. The minimum absolute atomic E-state index is 0.0425. The van der Waals surface area contributed by atoms with Gasteiger partial charge >= 0.3 is 0 Å². The minimum atomic E-state index is -0.732. The SMILES string of the molecule is CCC(NC(C)(CO)CO)c1ccc(Cl)cc1Cl. The average Bonchev–Trinajstić information content (AvgIpc) is 2.36. The molecule has 0 saturated carbocycles. The Balaban J connectivity index is 2.96. The molecule has 1 atom stereocenters. The summed E-state index contributed by atoms with van der Waals surface area (Å²) in [5.74, 6) is 0. The van der Waals surface area contributed by atoms with Crippen molar-refractivity contribution in [2.24, 2.45) is 0 Å². The lowest BCUT2D eigenvalue weighted by molar-refractivity contribution is 0.0932. The Bertz CT molecular complexity index is 395. The van der Waals surface area contributed by atoms with E-state index >= 15 is 0 Å². The van der Waals surface area contributed by atoms with E-state index < -0.39 is 5.54 Å². The minimum Gasteiger partial charge on any atom is -0.394 e. The Morgan fingerprint density at radius 1 is 1.28 bits per heavy atom. The van der Waals surface area contributed by atoms with Crippen LogP contribution in [0.2, 0.25) is 10.0 Å². The van der Waals surface area contributed by atoms with Crippen molar-refractivity contribution < 1.29 is 10.2 Å². The van der Waals surface area contributed by atoms with Crippen molar-refractivity contribution in [2.75, 3.05) is 13.2 Å². The third-order valence-corrected chi connectivity index (χ3v) is 3.53. The molecule has 5 heteroatoms. The lowest BCUT2D eigenvalue weighted by Gasteiger charge is -2.32. The molecule has 0 heterocycles. The van der Waals surface area contributed by atoms with Crippen LogP contribution in [0.3, 0.4) is 0 Å². The Labute approximate surface area is 118 Å². The van der Waals surface area contributed by atoms with Gasteiger partial charge in [0.2, 0.25) is 0 Å². The van der Waals surface area contributed by atoms with E-state index in [2.05, 4.69) is 5.32 Å². The maximum atomic E-state index is 9.31. The van der Waals surface area contributed by atoms with Gasteiger partial charge in [-0.25, -0.2) is 0 Å². The van der Waals surface area contributed by atoms with Crippen LogP contribution >= 0.6 is 23.2 Å². The van der Waals surface area contributed by atoms with Crippen molar-refractivity contribution in [1.29, 1.82) is 0 Å². The van der Waals surface area contributed by atoms with E-state index in [1.165, 1.54) is 0 Å². The summed E-state index contributed by atoms with van der Waals surface area (Å²) in [4.78, 5) is 0. The van der Waals surface area contributed by atoms with E-state index in [0.29, 0.717) is 10.0 Å². The van der Waals surface area contributed by atoms with Gasteiger partial charge in [0.15, 0.2) is 0 Å². The fourth-order valence-corrected chi connectivity index (χ4v) is 2.29. The zero-order chi connectivity index (χ0) is 13.8.